The first-order chi connectivity index (χ1) is 17.1. The molecule has 2 atom stereocenters. The number of anilines is 1. The summed E-state index contributed by atoms with van der Waals surface area (Å²) in [5, 5.41) is 11.0. The van der Waals surface area contributed by atoms with Gasteiger partial charge in [0.25, 0.3) is 5.91 Å². The summed E-state index contributed by atoms with van der Waals surface area (Å²) in [6, 6.07) is 17.2. The number of urea groups is 1. The second-order valence-electron chi connectivity index (χ2n) is 8.82. The monoisotopic (exact) mass is 489 g/mol. The van der Waals surface area contributed by atoms with E-state index < -0.39 is 12.1 Å². The van der Waals surface area contributed by atoms with Gasteiger partial charge in [-0.2, -0.15) is 0 Å². The molecule has 1 aliphatic carbocycles. The minimum atomic E-state index is -0.868. The highest BCUT2D eigenvalue weighted by Crippen LogP contribution is 2.28. The molecule has 2 fully saturated rings. The minimum Gasteiger partial charge on any atom is -0.335 e. The van der Waals surface area contributed by atoms with Crippen LogP contribution in [0.4, 0.5) is 9.93 Å². The predicted octanol–water partition coefficient (Wildman–Crippen LogP) is 3.94. The van der Waals surface area contributed by atoms with Crippen LogP contribution < -0.4 is 16.0 Å². The Balaban J connectivity index is 1.29. The number of nitrogens with zero attached hydrogens (tertiary/aromatic N) is 2. The largest absolute Gasteiger partial charge is 0.335 e. The van der Waals surface area contributed by atoms with E-state index in [1.807, 2.05) is 66.0 Å². The fourth-order valence-corrected chi connectivity index (χ4v) is 4.97. The molecule has 1 saturated carbocycles. The molecular weight excluding hydrogens is 462 g/mol. The standard InChI is InChI=1S/C26H27N5O3S/c32-23(30-26-28-20(16-35-26)17-8-3-1-4-9-17)21-12-7-15-31(21)24(33)22(18-10-5-2-6-11-18)29-25(34)27-19-13-14-19/h1-6,8-11,16,19,21-22H,7,12-15H2,(H2,27,29,34)(H,28,30,32)/t21-,22+/m0/s1. The van der Waals surface area contributed by atoms with Gasteiger partial charge < -0.3 is 20.9 Å². The Morgan fingerprint density at radius 1 is 0.971 bits per heavy atom. The lowest BCUT2D eigenvalue weighted by molar-refractivity contribution is -0.138. The van der Waals surface area contributed by atoms with Gasteiger partial charge in [-0.1, -0.05) is 60.7 Å². The van der Waals surface area contributed by atoms with Gasteiger partial charge in [-0.05, 0) is 31.2 Å². The molecule has 0 spiro atoms. The van der Waals surface area contributed by atoms with Crippen molar-refractivity contribution in [3.8, 4) is 11.3 Å². The third-order valence-electron chi connectivity index (χ3n) is 6.21. The van der Waals surface area contributed by atoms with Crippen molar-refractivity contribution in [3.05, 3.63) is 71.6 Å². The van der Waals surface area contributed by atoms with Crippen LogP contribution in [0.1, 0.15) is 37.3 Å². The molecule has 2 aromatic carbocycles. The maximum atomic E-state index is 13.6. The van der Waals surface area contributed by atoms with Crippen molar-refractivity contribution in [2.24, 2.45) is 0 Å². The molecule has 3 N–H and O–H groups in total. The molecule has 0 bridgehead atoms. The minimum absolute atomic E-state index is 0.172. The molecule has 0 unspecified atom stereocenters. The summed E-state index contributed by atoms with van der Waals surface area (Å²) in [4.78, 5) is 45.4. The summed E-state index contributed by atoms with van der Waals surface area (Å²) < 4.78 is 0. The number of nitrogens with one attached hydrogen (secondary N) is 3. The van der Waals surface area contributed by atoms with E-state index >= 15 is 0 Å². The van der Waals surface area contributed by atoms with Crippen LogP contribution in [-0.2, 0) is 9.59 Å². The van der Waals surface area contributed by atoms with Crippen LogP contribution >= 0.6 is 11.3 Å². The first-order valence-corrected chi connectivity index (χ1v) is 12.7. The summed E-state index contributed by atoms with van der Waals surface area (Å²) >= 11 is 1.35. The molecule has 1 aromatic heterocycles. The number of benzene rings is 2. The smallest absolute Gasteiger partial charge is 0.315 e. The predicted molar refractivity (Wildman–Crippen MR) is 135 cm³/mol. The number of carbonyl (C=O) groups excluding carboxylic acids is 3. The van der Waals surface area contributed by atoms with Gasteiger partial charge in [0.15, 0.2) is 5.13 Å². The van der Waals surface area contributed by atoms with Gasteiger partial charge in [0, 0.05) is 23.5 Å². The van der Waals surface area contributed by atoms with Gasteiger partial charge in [0.1, 0.15) is 12.1 Å². The number of likely N-dealkylation sites (tertiary alicyclic amines) is 1. The summed E-state index contributed by atoms with van der Waals surface area (Å²) in [5.41, 5.74) is 2.45. The first-order valence-electron chi connectivity index (χ1n) is 11.8. The second-order valence-corrected chi connectivity index (χ2v) is 9.68. The van der Waals surface area contributed by atoms with Gasteiger partial charge in [0.2, 0.25) is 5.91 Å². The molecule has 9 heteroatoms. The van der Waals surface area contributed by atoms with Crippen LogP contribution in [0.5, 0.6) is 0 Å². The molecule has 0 radical (unpaired) electrons. The van der Waals surface area contributed by atoms with E-state index in [2.05, 4.69) is 20.9 Å². The lowest BCUT2D eigenvalue weighted by Gasteiger charge is -2.28. The zero-order chi connectivity index (χ0) is 24.2. The van der Waals surface area contributed by atoms with Crippen molar-refractivity contribution in [1.82, 2.24) is 20.5 Å². The molecule has 4 amide bonds. The van der Waals surface area contributed by atoms with Gasteiger partial charge in [-0.25, -0.2) is 9.78 Å². The third kappa shape index (κ3) is 5.51. The van der Waals surface area contributed by atoms with E-state index in [9.17, 15) is 14.4 Å². The Hall–Kier alpha value is -3.72. The molecule has 8 nitrogen and oxygen atoms in total. The van der Waals surface area contributed by atoms with E-state index in [1.165, 1.54) is 11.3 Å². The normalized spacial score (nSPS) is 18.1. The van der Waals surface area contributed by atoms with Crippen molar-refractivity contribution in [1.29, 1.82) is 0 Å². The zero-order valence-electron chi connectivity index (χ0n) is 19.1. The Morgan fingerprint density at radius 2 is 1.69 bits per heavy atom. The van der Waals surface area contributed by atoms with Gasteiger partial charge in [-0.15, -0.1) is 11.3 Å². The highest BCUT2D eigenvalue weighted by Gasteiger charge is 2.39. The molecule has 180 valence electrons. The number of aromatic nitrogens is 1. The average Bonchev–Trinajstić information content (AvgIpc) is 3.35. The first kappa shape index (κ1) is 23.0. The van der Waals surface area contributed by atoms with E-state index in [1.54, 1.807) is 4.90 Å². The molecule has 2 aliphatic rings. The van der Waals surface area contributed by atoms with E-state index in [0.29, 0.717) is 30.1 Å². The summed E-state index contributed by atoms with van der Waals surface area (Å²) in [7, 11) is 0. The van der Waals surface area contributed by atoms with Crippen molar-refractivity contribution < 1.29 is 14.4 Å². The Labute approximate surface area is 207 Å². The average molecular weight is 490 g/mol. The molecular formula is C26H27N5O3S. The van der Waals surface area contributed by atoms with Crippen LogP contribution in [0, 0.1) is 0 Å². The Morgan fingerprint density at radius 3 is 2.40 bits per heavy atom. The summed E-state index contributed by atoms with van der Waals surface area (Å²) in [6.07, 6.45) is 3.18. The molecule has 35 heavy (non-hydrogen) atoms. The van der Waals surface area contributed by atoms with Crippen LogP contribution in [0.3, 0.4) is 0 Å². The lowest BCUT2D eigenvalue weighted by Crippen LogP contribution is -2.50. The number of rotatable bonds is 7. The van der Waals surface area contributed by atoms with Crippen molar-refractivity contribution >= 4 is 34.3 Å². The van der Waals surface area contributed by atoms with Crippen LogP contribution in [0.15, 0.2) is 66.0 Å². The quantitative estimate of drug-likeness (QED) is 0.468. The molecule has 3 aromatic rings. The van der Waals surface area contributed by atoms with E-state index in [0.717, 1.165) is 24.1 Å². The fraction of sp³-hybridized carbons (Fsp3) is 0.308. The number of amides is 4. The lowest BCUT2D eigenvalue weighted by atomic mass is 10.0. The Kier molecular flexibility index (Phi) is 6.76. The van der Waals surface area contributed by atoms with Crippen molar-refractivity contribution in [3.63, 3.8) is 0 Å². The highest BCUT2D eigenvalue weighted by molar-refractivity contribution is 7.14. The highest BCUT2D eigenvalue weighted by atomic mass is 32.1. The molecule has 5 rings (SSSR count). The van der Waals surface area contributed by atoms with E-state index in [-0.39, 0.29) is 23.9 Å². The van der Waals surface area contributed by atoms with Gasteiger partial charge >= 0.3 is 6.03 Å². The van der Waals surface area contributed by atoms with Gasteiger partial charge in [0.05, 0.1) is 5.69 Å². The number of hydrogen-bond donors (Lipinski definition) is 3. The number of carbonyl (C=O) groups is 3. The maximum absolute atomic E-state index is 13.6. The van der Waals surface area contributed by atoms with E-state index in [4.69, 9.17) is 0 Å². The molecule has 1 saturated heterocycles. The van der Waals surface area contributed by atoms with Crippen LogP contribution in [0.25, 0.3) is 11.3 Å². The van der Waals surface area contributed by atoms with Gasteiger partial charge in [-0.3, -0.25) is 9.59 Å². The van der Waals surface area contributed by atoms with Crippen molar-refractivity contribution in [2.75, 3.05) is 11.9 Å². The SMILES string of the molecule is O=C(NC1CC1)N[C@@H](C(=O)N1CCC[C@H]1C(=O)Nc1nc(-c2ccccc2)cs1)c1ccccc1. The number of hydrogen-bond acceptors (Lipinski definition) is 5. The summed E-state index contributed by atoms with van der Waals surface area (Å²) in [6.45, 7) is 0.458. The second kappa shape index (κ2) is 10.3. The topological polar surface area (TPSA) is 103 Å². The molecule has 1 aliphatic heterocycles. The van der Waals surface area contributed by atoms with Crippen LogP contribution in [0.2, 0.25) is 0 Å². The zero-order valence-corrected chi connectivity index (χ0v) is 20.0. The third-order valence-corrected chi connectivity index (χ3v) is 6.97. The maximum Gasteiger partial charge on any atom is 0.315 e. The fourth-order valence-electron chi connectivity index (χ4n) is 4.25. The Bertz CT molecular complexity index is 1200. The van der Waals surface area contributed by atoms with Crippen LogP contribution in [-0.4, -0.2) is 46.4 Å². The summed E-state index contributed by atoms with van der Waals surface area (Å²) in [5.74, 6) is -0.553. The molecule has 2 heterocycles. The number of thiazole rings is 1. The van der Waals surface area contributed by atoms with Crippen molar-refractivity contribution in [2.45, 2.75) is 43.8 Å².